The molecule has 1 aliphatic heterocycles. The third-order valence-electron chi connectivity index (χ3n) is 2.87. The summed E-state index contributed by atoms with van der Waals surface area (Å²) in [6.07, 6.45) is 0. The zero-order chi connectivity index (χ0) is 11.5. The first-order valence-corrected chi connectivity index (χ1v) is 6.66. The Morgan fingerprint density at radius 3 is 2.75 bits per heavy atom. The summed E-state index contributed by atoms with van der Waals surface area (Å²) < 4.78 is 0. The molecular weight excluding hydrogens is 220 g/mol. The van der Waals surface area contributed by atoms with E-state index in [0.717, 1.165) is 32.7 Å². The van der Waals surface area contributed by atoms with E-state index in [2.05, 4.69) is 29.0 Å². The highest BCUT2D eigenvalue weighted by Crippen LogP contribution is 2.27. The number of piperazine rings is 1. The van der Waals surface area contributed by atoms with Crippen LogP contribution in [0, 0.1) is 0 Å². The van der Waals surface area contributed by atoms with Gasteiger partial charge in [-0.2, -0.15) is 0 Å². The van der Waals surface area contributed by atoms with Crippen molar-refractivity contribution in [1.82, 2.24) is 15.2 Å². The summed E-state index contributed by atoms with van der Waals surface area (Å²) in [7, 11) is 0. The van der Waals surface area contributed by atoms with Gasteiger partial charge in [-0.15, -0.1) is 11.3 Å². The third-order valence-corrected chi connectivity index (χ3v) is 3.75. The molecule has 0 aromatic carbocycles. The second-order valence-corrected chi connectivity index (χ2v) is 5.66. The van der Waals surface area contributed by atoms with Crippen molar-refractivity contribution in [1.29, 1.82) is 0 Å². The summed E-state index contributed by atoms with van der Waals surface area (Å²) >= 11 is 1.64. The predicted octanol–water partition coefficient (Wildman–Crippen LogP) is 1.25. The molecule has 0 atom stereocenters. The highest BCUT2D eigenvalue weighted by atomic mass is 32.1. The number of nitrogens with zero attached hydrogens (tertiary/aromatic N) is 2. The Morgan fingerprint density at radius 2 is 2.12 bits per heavy atom. The summed E-state index contributed by atoms with van der Waals surface area (Å²) in [6, 6.07) is 0. The Morgan fingerprint density at radius 1 is 1.44 bits per heavy atom. The number of rotatable bonds is 3. The standard InChI is InChI=1S/C11H20N4S/c1-8(2)10-9(16-11(12)14-10)7-15-5-3-13-4-6-15/h8,13H,3-7H2,1-2H3,(H2,12,14). The topological polar surface area (TPSA) is 54.2 Å². The SMILES string of the molecule is CC(C)c1nc(N)sc1CN1CCNCC1. The lowest BCUT2D eigenvalue weighted by Gasteiger charge is -2.27. The van der Waals surface area contributed by atoms with E-state index in [1.807, 2.05) is 0 Å². The van der Waals surface area contributed by atoms with E-state index in [1.165, 1.54) is 10.6 Å². The average Bonchev–Trinajstić information content (AvgIpc) is 2.61. The van der Waals surface area contributed by atoms with Gasteiger partial charge in [0.15, 0.2) is 5.13 Å². The summed E-state index contributed by atoms with van der Waals surface area (Å²) in [4.78, 5) is 8.24. The molecule has 16 heavy (non-hydrogen) atoms. The predicted molar refractivity (Wildman–Crippen MR) is 68.8 cm³/mol. The van der Waals surface area contributed by atoms with Crippen LogP contribution in [0.5, 0.6) is 0 Å². The normalized spacial score (nSPS) is 18.2. The van der Waals surface area contributed by atoms with Crippen molar-refractivity contribution < 1.29 is 0 Å². The Kier molecular flexibility index (Phi) is 3.78. The lowest BCUT2D eigenvalue weighted by Crippen LogP contribution is -2.42. The Labute approximate surface area is 101 Å². The molecular formula is C11H20N4S. The number of aromatic nitrogens is 1. The molecule has 2 heterocycles. The van der Waals surface area contributed by atoms with Crippen molar-refractivity contribution in [3.8, 4) is 0 Å². The van der Waals surface area contributed by atoms with Gasteiger partial charge in [-0.3, -0.25) is 4.90 Å². The summed E-state index contributed by atoms with van der Waals surface area (Å²) in [5, 5.41) is 4.07. The molecule has 0 saturated carbocycles. The number of hydrogen-bond acceptors (Lipinski definition) is 5. The van der Waals surface area contributed by atoms with Gasteiger partial charge in [-0.05, 0) is 5.92 Å². The fourth-order valence-corrected chi connectivity index (χ4v) is 3.05. The van der Waals surface area contributed by atoms with Crippen LogP contribution in [0.4, 0.5) is 5.13 Å². The van der Waals surface area contributed by atoms with Crippen molar-refractivity contribution in [2.75, 3.05) is 31.9 Å². The van der Waals surface area contributed by atoms with Gasteiger partial charge in [-0.1, -0.05) is 13.8 Å². The smallest absolute Gasteiger partial charge is 0.180 e. The van der Waals surface area contributed by atoms with Crippen molar-refractivity contribution in [2.24, 2.45) is 0 Å². The van der Waals surface area contributed by atoms with E-state index in [4.69, 9.17) is 5.73 Å². The first kappa shape index (κ1) is 11.8. The minimum Gasteiger partial charge on any atom is -0.375 e. The Hall–Kier alpha value is -0.650. The number of nitrogens with two attached hydrogens (primary N) is 1. The van der Waals surface area contributed by atoms with Gasteiger partial charge >= 0.3 is 0 Å². The molecule has 0 amide bonds. The second kappa shape index (κ2) is 5.12. The summed E-state index contributed by atoms with van der Waals surface area (Å²) in [5.41, 5.74) is 6.98. The van der Waals surface area contributed by atoms with Crippen molar-refractivity contribution in [3.05, 3.63) is 10.6 Å². The fourth-order valence-electron chi connectivity index (χ4n) is 2.02. The number of thiazole rings is 1. The number of nitrogen functional groups attached to an aromatic ring is 1. The molecule has 1 fully saturated rings. The average molecular weight is 240 g/mol. The highest BCUT2D eigenvalue weighted by Gasteiger charge is 2.17. The van der Waals surface area contributed by atoms with E-state index < -0.39 is 0 Å². The van der Waals surface area contributed by atoms with Crippen LogP contribution >= 0.6 is 11.3 Å². The Balaban J connectivity index is 2.07. The van der Waals surface area contributed by atoms with Crippen LogP contribution in [0.3, 0.4) is 0 Å². The zero-order valence-electron chi connectivity index (χ0n) is 9.99. The zero-order valence-corrected chi connectivity index (χ0v) is 10.8. The molecule has 3 N–H and O–H groups in total. The molecule has 0 bridgehead atoms. The van der Waals surface area contributed by atoms with Crippen LogP contribution in [0.2, 0.25) is 0 Å². The number of hydrogen-bond donors (Lipinski definition) is 2. The van der Waals surface area contributed by atoms with E-state index in [-0.39, 0.29) is 0 Å². The molecule has 4 nitrogen and oxygen atoms in total. The van der Waals surface area contributed by atoms with E-state index in [0.29, 0.717) is 11.0 Å². The maximum Gasteiger partial charge on any atom is 0.180 e. The minimum absolute atomic E-state index is 0.464. The highest BCUT2D eigenvalue weighted by molar-refractivity contribution is 7.15. The van der Waals surface area contributed by atoms with Crippen LogP contribution in [0.15, 0.2) is 0 Å². The monoisotopic (exact) mass is 240 g/mol. The van der Waals surface area contributed by atoms with Gasteiger partial charge < -0.3 is 11.1 Å². The first-order valence-electron chi connectivity index (χ1n) is 5.85. The van der Waals surface area contributed by atoms with Crippen molar-refractivity contribution in [2.45, 2.75) is 26.3 Å². The molecule has 1 aromatic heterocycles. The van der Waals surface area contributed by atoms with E-state index >= 15 is 0 Å². The summed E-state index contributed by atoms with van der Waals surface area (Å²) in [6.45, 7) is 9.77. The van der Waals surface area contributed by atoms with Gasteiger partial charge in [0.1, 0.15) is 0 Å². The molecule has 0 aliphatic carbocycles. The maximum absolute atomic E-state index is 5.80. The first-order chi connectivity index (χ1) is 7.66. The summed E-state index contributed by atoms with van der Waals surface area (Å²) in [5.74, 6) is 0.464. The fraction of sp³-hybridized carbons (Fsp3) is 0.727. The molecule has 0 spiro atoms. The molecule has 1 aromatic rings. The number of anilines is 1. The van der Waals surface area contributed by atoms with Crippen LogP contribution in [-0.2, 0) is 6.54 Å². The van der Waals surface area contributed by atoms with E-state index in [1.54, 1.807) is 11.3 Å². The minimum atomic E-state index is 0.464. The molecule has 2 rings (SSSR count). The largest absolute Gasteiger partial charge is 0.375 e. The van der Waals surface area contributed by atoms with Gasteiger partial charge in [0.25, 0.3) is 0 Å². The third kappa shape index (κ3) is 2.72. The Bertz CT molecular complexity index is 342. The molecule has 1 saturated heterocycles. The molecule has 0 radical (unpaired) electrons. The van der Waals surface area contributed by atoms with Crippen molar-refractivity contribution >= 4 is 16.5 Å². The van der Waals surface area contributed by atoms with Crippen molar-refractivity contribution in [3.63, 3.8) is 0 Å². The van der Waals surface area contributed by atoms with Crippen LogP contribution in [0.25, 0.3) is 0 Å². The molecule has 0 unspecified atom stereocenters. The van der Waals surface area contributed by atoms with Gasteiger partial charge in [0.2, 0.25) is 0 Å². The molecule has 5 heteroatoms. The van der Waals surface area contributed by atoms with Crippen LogP contribution < -0.4 is 11.1 Å². The van der Waals surface area contributed by atoms with Gasteiger partial charge in [0, 0.05) is 37.6 Å². The second-order valence-electron chi connectivity index (χ2n) is 4.54. The van der Waals surface area contributed by atoms with E-state index in [9.17, 15) is 0 Å². The quantitative estimate of drug-likeness (QED) is 0.835. The maximum atomic E-state index is 5.80. The number of nitrogens with one attached hydrogen (secondary N) is 1. The lowest BCUT2D eigenvalue weighted by atomic mass is 10.1. The van der Waals surface area contributed by atoms with Gasteiger partial charge in [-0.25, -0.2) is 4.98 Å². The van der Waals surface area contributed by atoms with Crippen LogP contribution in [-0.4, -0.2) is 36.1 Å². The molecule has 90 valence electrons. The molecule has 1 aliphatic rings. The van der Waals surface area contributed by atoms with Gasteiger partial charge in [0.05, 0.1) is 5.69 Å². The lowest BCUT2D eigenvalue weighted by molar-refractivity contribution is 0.234. The van der Waals surface area contributed by atoms with Crippen LogP contribution in [0.1, 0.15) is 30.3 Å².